The van der Waals surface area contributed by atoms with Crippen LogP contribution in [0.3, 0.4) is 0 Å². The summed E-state index contributed by atoms with van der Waals surface area (Å²) in [6.45, 7) is 2.74. The molecule has 0 aliphatic heterocycles. The van der Waals surface area contributed by atoms with E-state index in [9.17, 15) is 9.59 Å². The highest BCUT2D eigenvalue weighted by atomic mass is 79.9. The number of anilines is 1. The standard InChI is InChI=1S/C19H19BrN4O2S/c1-2-24-16-10-6-5-9-15(16)23-19(24)27-12-18(26)21-11-17(25)22-14-8-4-3-7-13(14)20/h3-10H,2,11-12H2,1H3,(H,21,26)(H,22,25). The van der Waals surface area contributed by atoms with Crippen molar-refractivity contribution in [2.45, 2.75) is 18.6 Å². The number of nitrogens with one attached hydrogen (secondary N) is 2. The molecule has 0 aliphatic rings. The monoisotopic (exact) mass is 446 g/mol. The number of carbonyl (C=O) groups excluding carboxylic acids is 2. The lowest BCUT2D eigenvalue weighted by molar-refractivity contribution is -0.122. The summed E-state index contributed by atoms with van der Waals surface area (Å²) in [6, 6.07) is 15.2. The summed E-state index contributed by atoms with van der Waals surface area (Å²) in [6.07, 6.45) is 0. The van der Waals surface area contributed by atoms with E-state index in [4.69, 9.17) is 0 Å². The van der Waals surface area contributed by atoms with E-state index in [2.05, 4.69) is 36.1 Å². The Balaban J connectivity index is 1.51. The number of benzene rings is 2. The van der Waals surface area contributed by atoms with Crippen molar-refractivity contribution in [2.75, 3.05) is 17.6 Å². The summed E-state index contributed by atoms with van der Waals surface area (Å²) in [4.78, 5) is 28.7. The average molecular weight is 447 g/mol. The highest BCUT2D eigenvalue weighted by molar-refractivity contribution is 9.10. The van der Waals surface area contributed by atoms with Crippen LogP contribution in [-0.4, -0.2) is 33.7 Å². The van der Waals surface area contributed by atoms with Gasteiger partial charge in [-0.25, -0.2) is 4.98 Å². The van der Waals surface area contributed by atoms with Crippen molar-refractivity contribution < 1.29 is 9.59 Å². The Bertz CT molecular complexity index is 973. The van der Waals surface area contributed by atoms with Crippen molar-refractivity contribution in [3.63, 3.8) is 0 Å². The van der Waals surface area contributed by atoms with Gasteiger partial charge in [-0.2, -0.15) is 0 Å². The van der Waals surface area contributed by atoms with Gasteiger partial charge >= 0.3 is 0 Å². The number of amides is 2. The number of imidazole rings is 1. The number of hydrogen-bond donors (Lipinski definition) is 2. The van der Waals surface area contributed by atoms with Crippen LogP contribution in [0.5, 0.6) is 0 Å². The zero-order valence-electron chi connectivity index (χ0n) is 14.7. The first kappa shape index (κ1) is 19.4. The molecule has 8 heteroatoms. The topological polar surface area (TPSA) is 76.0 Å². The maximum absolute atomic E-state index is 12.1. The molecule has 0 fully saturated rings. The molecule has 0 aliphatic carbocycles. The van der Waals surface area contributed by atoms with Crippen LogP contribution in [0.25, 0.3) is 11.0 Å². The molecule has 1 aromatic heterocycles. The Labute approximate surface area is 169 Å². The molecule has 3 aromatic rings. The van der Waals surface area contributed by atoms with Gasteiger partial charge in [0.25, 0.3) is 0 Å². The lowest BCUT2D eigenvalue weighted by Gasteiger charge is -2.08. The number of aromatic nitrogens is 2. The second kappa shape index (κ2) is 9.05. The van der Waals surface area contributed by atoms with Gasteiger partial charge in [-0.05, 0) is 47.1 Å². The summed E-state index contributed by atoms with van der Waals surface area (Å²) in [5.41, 5.74) is 2.63. The summed E-state index contributed by atoms with van der Waals surface area (Å²) in [7, 11) is 0. The quantitative estimate of drug-likeness (QED) is 0.542. The van der Waals surface area contributed by atoms with E-state index in [1.165, 1.54) is 11.8 Å². The van der Waals surface area contributed by atoms with Crippen molar-refractivity contribution in [3.8, 4) is 0 Å². The van der Waals surface area contributed by atoms with Gasteiger partial charge in [0.2, 0.25) is 11.8 Å². The third-order valence-corrected chi connectivity index (χ3v) is 5.53. The minimum absolute atomic E-state index is 0.0785. The van der Waals surface area contributed by atoms with Crippen LogP contribution in [-0.2, 0) is 16.1 Å². The Morgan fingerprint density at radius 3 is 2.63 bits per heavy atom. The lowest BCUT2D eigenvalue weighted by Crippen LogP contribution is -2.34. The van der Waals surface area contributed by atoms with Crippen LogP contribution in [0.1, 0.15) is 6.92 Å². The molecular formula is C19H19BrN4O2S. The molecule has 27 heavy (non-hydrogen) atoms. The van der Waals surface area contributed by atoms with Gasteiger partial charge in [0.1, 0.15) is 0 Å². The number of fused-ring (bicyclic) bond motifs is 1. The molecule has 2 amide bonds. The highest BCUT2D eigenvalue weighted by Crippen LogP contribution is 2.24. The molecule has 2 N–H and O–H groups in total. The van der Waals surface area contributed by atoms with E-state index < -0.39 is 0 Å². The van der Waals surface area contributed by atoms with Crippen molar-refractivity contribution in [1.82, 2.24) is 14.9 Å². The zero-order valence-corrected chi connectivity index (χ0v) is 17.1. The van der Waals surface area contributed by atoms with Crippen LogP contribution >= 0.6 is 27.7 Å². The van der Waals surface area contributed by atoms with Crippen LogP contribution in [0.4, 0.5) is 5.69 Å². The maximum Gasteiger partial charge on any atom is 0.243 e. The number of para-hydroxylation sites is 3. The third-order valence-electron chi connectivity index (χ3n) is 3.86. The average Bonchev–Trinajstić information content (AvgIpc) is 3.04. The highest BCUT2D eigenvalue weighted by Gasteiger charge is 2.12. The Morgan fingerprint density at radius 2 is 1.85 bits per heavy atom. The van der Waals surface area contributed by atoms with Crippen molar-refractivity contribution >= 4 is 56.2 Å². The summed E-state index contributed by atoms with van der Waals surface area (Å²) in [5, 5.41) is 6.19. The molecule has 0 bridgehead atoms. The minimum atomic E-state index is -0.277. The third kappa shape index (κ3) is 4.90. The number of halogens is 1. The lowest BCUT2D eigenvalue weighted by atomic mass is 10.3. The number of nitrogens with zero attached hydrogens (tertiary/aromatic N) is 2. The minimum Gasteiger partial charge on any atom is -0.346 e. The van der Waals surface area contributed by atoms with E-state index in [-0.39, 0.29) is 24.1 Å². The fourth-order valence-corrected chi connectivity index (χ4v) is 3.88. The van der Waals surface area contributed by atoms with Crippen molar-refractivity contribution in [2.24, 2.45) is 0 Å². The zero-order chi connectivity index (χ0) is 19.2. The maximum atomic E-state index is 12.1. The Kier molecular flexibility index (Phi) is 6.52. The van der Waals surface area contributed by atoms with Gasteiger partial charge in [0.05, 0.1) is 29.0 Å². The molecule has 140 valence electrons. The molecular weight excluding hydrogens is 428 g/mol. The van der Waals surface area contributed by atoms with E-state index in [0.717, 1.165) is 27.2 Å². The summed E-state index contributed by atoms with van der Waals surface area (Å²) in [5.74, 6) is -0.288. The normalized spacial score (nSPS) is 10.7. The van der Waals surface area contributed by atoms with Gasteiger partial charge in [-0.3, -0.25) is 9.59 Å². The number of carbonyl (C=O) groups is 2. The van der Waals surface area contributed by atoms with Gasteiger partial charge in [0, 0.05) is 11.0 Å². The molecule has 0 spiro atoms. The molecule has 0 saturated heterocycles. The Morgan fingerprint density at radius 1 is 1.11 bits per heavy atom. The van der Waals surface area contributed by atoms with E-state index in [1.807, 2.05) is 49.4 Å². The second-order valence-electron chi connectivity index (χ2n) is 5.72. The van der Waals surface area contributed by atoms with Gasteiger partial charge in [-0.1, -0.05) is 36.0 Å². The molecule has 0 atom stereocenters. The number of hydrogen-bond acceptors (Lipinski definition) is 4. The predicted molar refractivity (Wildman–Crippen MR) is 112 cm³/mol. The number of aryl methyl sites for hydroxylation is 1. The predicted octanol–water partition coefficient (Wildman–Crippen LogP) is 3.67. The molecule has 0 unspecified atom stereocenters. The molecule has 2 aromatic carbocycles. The van der Waals surface area contributed by atoms with Crippen LogP contribution in [0.2, 0.25) is 0 Å². The van der Waals surface area contributed by atoms with E-state index in [1.54, 1.807) is 6.07 Å². The van der Waals surface area contributed by atoms with Crippen LogP contribution in [0, 0.1) is 0 Å². The Hall–Kier alpha value is -2.32. The van der Waals surface area contributed by atoms with Gasteiger partial charge in [0.15, 0.2) is 5.16 Å². The second-order valence-corrected chi connectivity index (χ2v) is 7.52. The van der Waals surface area contributed by atoms with Gasteiger partial charge < -0.3 is 15.2 Å². The van der Waals surface area contributed by atoms with Gasteiger partial charge in [-0.15, -0.1) is 0 Å². The first-order chi connectivity index (χ1) is 13.1. The van der Waals surface area contributed by atoms with Crippen molar-refractivity contribution in [1.29, 1.82) is 0 Å². The largest absolute Gasteiger partial charge is 0.346 e. The molecule has 0 saturated carbocycles. The molecule has 1 heterocycles. The SMILES string of the molecule is CCn1c(SCC(=O)NCC(=O)Nc2ccccc2Br)nc2ccccc21. The first-order valence-corrected chi connectivity index (χ1v) is 10.3. The van der Waals surface area contributed by atoms with Crippen LogP contribution in [0.15, 0.2) is 58.2 Å². The molecule has 6 nitrogen and oxygen atoms in total. The smallest absolute Gasteiger partial charge is 0.243 e. The summed E-state index contributed by atoms with van der Waals surface area (Å²) < 4.78 is 2.87. The van der Waals surface area contributed by atoms with Crippen molar-refractivity contribution in [3.05, 3.63) is 53.0 Å². The fraction of sp³-hybridized carbons (Fsp3) is 0.211. The van der Waals surface area contributed by atoms with E-state index >= 15 is 0 Å². The molecule has 3 rings (SSSR count). The first-order valence-electron chi connectivity index (χ1n) is 8.47. The number of rotatable bonds is 7. The number of thioether (sulfide) groups is 1. The fourth-order valence-electron chi connectivity index (χ4n) is 2.59. The molecule has 0 radical (unpaired) electrons. The van der Waals surface area contributed by atoms with Crippen LogP contribution < -0.4 is 10.6 Å². The summed E-state index contributed by atoms with van der Waals surface area (Å²) >= 11 is 4.73. The van der Waals surface area contributed by atoms with E-state index in [0.29, 0.717) is 5.69 Å².